The minimum atomic E-state index is 0.662. The van der Waals surface area contributed by atoms with E-state index in [9.17, 15) is 0 Å². The Morgan fingerprint density at radius 1 is 1.44 bits per heavy atom. The lowest BCUT2D eigenvalue weighted by Gasteiger charge is -2.25. The number of methoxy groups -OCH3 is 1. The van der Waals surface area contributed by atoms with Crippen LogP contribution < -0.4 is 0 Å². The van der Waals surface area contributed by atoms with Gasteiger partial charge >= 0.3 is 0 Å². The van der Waals surface area contributed by atoms with Crippen LogP contribution in [0.3, 0.4) is 0 Å². The van der Waals surface area contributed by atoms with Crippen molar-refractivity contribution in [1.29, 1.82) is 0 Å². The molecule has 0 unspecified atom stereocenters. The molecule has 0 amide bonds. The fourth-order valence-electron chi connectivity index (χ4n) is 1.83. The van der Waals surface area contributed by atoms with E-state index in [0.717, 1.165) is 38.4 Å². The normalized spacial score (nSPS) is 16.3. The molecule has 90 valence electrons. The van der Waals surface area contributed by atoms with E-state index < -0.39 is 0 Å². The lowest BCUT2D eigenvalue weighted by molar-refractivity contribution is 0.0551. The second kappa shape index (κ2) is 5.98. The molecular formula is C11H18N2O3. The maximum Gasteiger partial charge on any atom is 0.128 e. The summed E-state index contributed by atoms with van der Waals surface area (Å²) in [6, 6.07) is 0. The Morgan fingerprint density at radius 2 is 2.38 bits per heavy atom. The summed E-state index contributed by atoms with van der Waals surface area (Å²) >= 11 is 0. The molecule has 0 bridgehead atoms. The fraction of sp³-hybridized carbons (Fsp3) is 0.727. The topological polar surface area (TPSA) is 47.7 Å². The van der Waals surface area contributed by atoms with Gasteiger partial charge < -0.3 is 14.0 Å². The van der Waals surface area contributed by atoms with E-state index in [-0.39, 0.29) is 0 Å². The van der Waals surface area contributed by atoms with Crippen molar-refractivity contribution in [2.45, 2.75) is 13.0 Å². The fourth-order valence-corrected chi connectivity index (χ4v) is 1.83. The van der Waals surface area contributed by atoms with E-state index in [1.54, 1.807) is 13.4 Å². The molecule has 16 heavy (non-hydrogen) atoms. The maximum atomic E-state index is 5.44. The molecule has 0 aromatic carbocycles. The summed E-state index contributed by atoms with van der Waals surface area (Å²) < 4.78 is 15.3. The summed E-state index contributed by atoms with van der Waals surface area (Å²) in [7, 11) is 1.68. The molecule has 1 aromatic rings. The Kier molecular flexibility index (Phi) is 4.33. The Labute approximate surface area is 95.3 Å². The highest BCUT2D eigenvalue weighted by Crippen LogP contribution is 2.16. The van der Waals surface area contributed by atoms with E-state index in [2.05, 4.69) is 10.1 Å². The molecule has 0 radical (unpaired) electrons. The van der Waals surface area contributed by atoms with Crippen LogP contribution in [0.5, 0.6) is 0 Å². The van der Waals surface area contributed by atoms with E-state index in [4.69, 9.17) is 14.0 Å². The summed E-state index contributed by atoms with van der Waals surface area (Å²) in [4.78, 5) is 2.35. The Bertz CT molecular complexity index is 314. The number of aromatic nitrogens is 1. The molecule has 5 nitrogen and oxygen atoms in total. The smallest absolute Gasteiger partial charge is 0.128 e. The van der Waals surface area contributed by atoms with Gasteiger partial charge in [0.15, 0.2) is 0 Å². The molecule has 1 aliphatic rings. The van der Waals surface area contributed by atoms with Crippen LogP contribution in [0.2, 0.25) is 0 Å². The molecule has 0 aliphatic carbocycles. The average Bonchev–Trinajstić information content (AvgIpc) is 2.76. The summed E-state index contributed by atoms with van der Waals surface area (Å²) in [5, 5.41) is 3.96. The molecule has 0 spiro atoms. The van der Waals surface area contributed by atoms with Crippen molar-refractivity contribution in [3.8, 4) is 0 Å². The molecule has 0 N–H and O–H groups in total. The predicted molar refractivity (Wildman–Crippen MR) is 58.2 cm³/mol. The number of rotatable bonds is 6. The first-order valence-electron chi connectivity index (χ1n) is 5.61. The van der Waals surface area contributed by atoms with Gasteiger partial charge in [0, 0.05) is 38.7 Å². The van der Waals surface area contributed by atoms with Crippen molar-refractivity contribution in [1.82, 2.24) is 10.1 Å². The molecule has 1 aliphatic heterocycles. The van der Waals surface area contributed by atoms with E-state index >= 15 is 0 Å². The summed E-state index contributed by atoms with van der Waals surface area (Å²) in [6.45, 7) is 5.00. The van der Waals surface area contributed by atoms with Crippen LogP contribution in [0.15, 0.2) is 10.8 Å². The highest BCUT2D eigenvalue weighted by molar-refractivity contribution is 5.17. The van der Waals surface area contributed by atoms with Gasteiger partial charge in [-0.05, 0) is 0 Å². The zero-order valence-electron chi connectivity index (χ0n) is 9.65. The molecule has 0 saturated carbocycles. The number of nitrogens with zero attached hydrogens (tertiary/aromatic N) is 2. The molecule has 1 aromatic heterocycles. The van der Waals surface area contributed by atoms with Crippen LogP contribution in [0, 0.1) is 0 Å². The van der Waals surface area contributed by atoms with Crippen molar-refractivity contribution in [2.75, 3.05) is 40.0 Å². The predicted octanol–water partition coefficient (Wildman–Crippen LogP) is 0.696. The van der Waals surface area contributed by atoms with Crippen molar-refractivity contribution < 1.29 is 14.0 Å². The molecule has 5 heteroatoms. The van der Waals surface area contributed by atoms with E-state index in [1.165, 1.54) is 5.56 Å². The SMILES string of the molecule is COCCOCCN1CCc2nocc2C1. The summed E-state index contributed by atoms with van der Waals surface area (Å²) in [5.74, 6) is 0. The van der Waals surface area contributed by atoms with Gasteiger partial charge in [0.25, 0.3) is 0 Å². The van der Waals surface area contributed by atoms with Crippen LogP contribution >= 0.6 is 0 Å². The van der Waals surface area contributed by atoms with Gasteiger partial charge in [0.05, 0.1) is 25.5 Å². The number of hydrogen-bond acceptors (Lipinski definition) is 5. The Morgan fingerprint density at radius 3 is 3.25 bits per heavy atom. The quantitative estimate of drug-likeness (QED) is 0.668. The third-order valence-corrected chi connectivity index (χ3v) is 2.77. The first-order chi connectivity index (χ1) is 7.90. The Hall–Kier alpha value is -0.910. The van der Waals surface area contributed by atoms with E-state index in [0.29, 0.717) is 13.2 Å². The minimum absolute atomic E-state index is 0.662. The summed E-state index contributed by atoms with van der Waals surface area (Å²) in [6.07, 6.45) is 2.72. The highest BCUT2D eigenvalue weighted by atomic mass is 16.5. The van der Waals surface area contributed by atoms with E-state index in [1.807, 2.05) is 0 Å². The lowest BCUT2D eigenvalue weighted by atomic mass is 10.1. The van der Waals surface area contributed by atoms with Gasteiger partial charge in [0.2, 0.25) is 0 Å². The van der Waals surface area contributed by atoms with Gasteiger partial charge in [-0.25, -0.2) is 0 Å². The van der Waals surface area contributed by atoms with Crippen LogP contribution in [-0.4, -0.2) is 50.1 Å². The molecular weight excluding hydrogens is 208 g/mol. The monoisotopic (exact) mass is 226 g/mol. The zero-order chi connectivity index (χ0) is 11.2. The largest absolute Gasteiger partial charge is 0.382 e. The van der Waals surface area contributed by atoms with Crippen LogP contribution in [0.4, 0.5) is 0 Å². The van der Waals surface area contributed by atoms with Crippen molar-refractivity contribution >= 4 is 0 Å². The molecule has 0 fully saturated rings. The second-order valence-electron chi connectivity index (χ2n) is 3.92. The second-order valence-corrected chi connectivity index (χ2v) is 3.92. The average molecular weight is 226 g/mol. The third kappa shape index (κ3) is 3.04. The molecule has 2 heterocycles. The first kappa shape index (κ1) is 11.6. The van der Waals surface area contributed by atoms with Crippen molar-refractivity contribution in [3.63, 3.8) is 0 Å². The van der Waals surface area contributed by atoms with Crippen molar-refractivity contribution in [2.24, 2.45) is 0 Å². The van der Waals surface area contributed by atoms with Gasteiger partial charge in [-0.1, -0.05) is 5.16 Å². The number of ether oxygens (including phenoxy) is 2. The van der Waals surface area contributed by atoms with Gasteiger partial charge in [-0.15, -0.1) is 0 Å². The third-order valence-electron chi connectivity index (χ3n) is 2.77. The van der Waals surface area contributed by atoms with Crippen LogP contribution in [0.25, 0.3) is 0 Å². The molecule has 0 saturated heterocycles. The maximum absolute atomic E-state index is 5.44. The van der Waals surface area contributed by atoms with Gasteiger partial charge in [-0.2, -0.15) is 0 Å². The standard InChI is InChI=1S/C11H18N2O3/c1-14-6-7-15-5-4-13-3-2-11-10(8-13)9-16-12-11/h9H,2-8H2,1H3. The summed E-state index contributed by atoms with van der Waals surface area (Å²) in [5.41, 5.74) is 2.32. The van der Waals surface area contributed by atoms with Gasteiger partial charge in [0.1, 0.15) is 6.26 Å². The zero-order valence-corrected chi connectivity index (χ0v) is 9.65. The van der Waals surface area contributed by atoms with Crippen molar-refractivity contribution in [3.05, 3.63) is 17.5 Å². The Balaban J connectivity index is 1.65. The molecule has 0 atom stereocenters. The molecule has 2 rings (SSSR count). The number of hydrogen-bond donors (Lipinski definition) is 0. The lowest BCUT2D eigenvalue weighted by Crippen LogP contribution is -2.33. The van der Waals surface area contributed by atoms with Crippen LogP contribution in [-0.2, 0) is 22.4 Å². The van der Waals surface area contributed by atoms with Crippen LogP contribution in [0.1, 0.15) is 11.3 Å². The van der Waals surface area contributed by atoms with Gasteiger partial charge in [-0.3, -0.25) is 4.90 Å². The number of fused-ring (bicyclic) bond motifs is 1. The minimum Gasteiger partial charge on any atom is -0.382 e. The first-order valence-corrected chi connectivity index (χ1v) is 5.61. The highest BCUT2D eigenvalue weighted by Gasteiger charge is 2.18.